The van der Waals surface area contributed by atoms with Crippen LogP contribution < -0.4 is 0 Å². The molecule has 0 heterocycles. The van der Waals surface area contributed by atoms with Crippen molar-refractivity contribution >= 4 is 5.57 Å². The molecule has 0 nitrogen and oxygen atoms in total. The van der Waals surface area contributed by atoms with Crippen molar-refractivity contribution in [1.82, 2.24) is 0 Å². The van der Waals surface area contributed by atoms with Crippen molar-refractivity contribution in [3.05, 3.63) is 65.8 Å². The minimum absolute atomic E-state index is 1.03. The molecule has 14 heavy (non-hydrogen) atoms. The summed E-state index contributed by atoms with van der Waals surface area (Å²) in [6.45, 7) is 2.16. The SMILES string of the molecule is CC1=CC=CCC=C1c1ccccc1. The number of rotatable bonds is 1. The predicted octanol–water partition coefficient (Wildman–Crippen LogP) is 3.98. The molecule has 0 atom stereocenters. The first-order valence-electron chi connectivity index (χ1n) is 4.97. The summed E-state index contributed by atoms with van der Waals surface area (Å²) < 4.78 is 0. The molecule has 70 valence electrons. The van der Waals surface area contributed by atoms with Crippen molar-refractivity contribution in [2.45, 2.75) is 13.3 Å². The van der Waals surface area contributed by atoms with Gasteiger partial charge in [-0.1, -0.05) is 54.6 Å². The van der Waals surface area contributed by atoms with E-state index in [2.05, 4.69) is 61.6 Å². The van der Waals surface area contributed by atoms with Crippen molar-refractivity contribution < 1.29 is 0 Å². The average Bonchev–Trinajstić information content (AvgIpc) is 2.44. The highest BCUT2D eigenvalue weighted by molar-refractivity contribution is 5.79. The van der Waals surface area contributed by atoms with E-state index in [1.165, 1.54) is 16.7 Å². The predicted molar refractivity (Wildman–Crippen MR) is 61.9 cm³/mol. The van der Waals surface area contributed by atoms with Crippen LogP contribution in [0, 0.1) is 0 Å². The van der Waals surface area contributed by atoms with Crippen molar-refractivity contribution in [3.8, 4) is 0 Å². The Bertz CT molecular complexity index is 391. The van der Waals surface area contributed by atoms with Crippen LogP contribution in [0.15, 0.2) is 60.2 Å². The fraction of sp³-hybridized carbons (Fsp3) is 0.143. The van der Waals surface area contributed by atoms with Crippen LogP contribution in [0.3, 0.4) is 0 Å². The van der Waals surface area contributed by atoms with E-state index < -0.39 is 0 Å². The second kappa shape index (κ2) is 4.10. The van der Waals surface area contributed by atoms with Gasteiger partial charge in [0.1, 0.15) is 0 Å². The summed E-state index contributed by atoms with van der Waals surface area (Å²) in [5.74, 6) is 0. The van der Waals surface area contributed by atoms with Gasteiger partial charge in [0.15, 0.2) is 0 Å². The van der Waals surface area contributed by atoms with Crippen molar-refractivity contribution in [2.75, 3.05) is 0 Å². The van der Waals surface area contributed by atoms with Crippen LogP contribution >= 0.6 is 0 Å². The topological polar surface area (TPSA) is 0 Å². The Kier molecular flexibility index (Phi) is 2.64. The van der Waals surface area contributed by atoms with Crippen LogP contribution in [0.5, 0.6) is 0 Å². The Morgan fingerprint density at radius 1 is 1.07 bits per heavy atom. The highest BCUT2D eigenvalue weighted by Crippen LogP contribution is 2.24. The summed E-state index contributed by atoms with van der Waals surface area (Å²) in [6, 6.07) is 10.5. The number of allylic oxidation sites excluding steroid dienone is 6. The van der Waals surface area contributed by atoms with Gasteiger partial charge < -0.3 is 0 Å². The summed E-state index contributed by atoms with van der Waals surface area (Å²) in [5.41, 5.74) is 4.01. The molecule has 0 spiro atoms. The van der Waals surface area contributed by atoms with Crippen LogP contribution in [0.2, 0.25) is 0 Å². The smallest absolute Gasteiger partial charge is 0.0157 e. The zero-order valence-corrected chi connectivity index (χ0v) is 8.40. The Morgan fingerprint density at radius 3 is 2.64 bits per heavy atom. The zero-order chi connectivity index (χ0) is 9.80. The van der Waals surface area contributed by atoms with Gasteiger partial charge in [-0.05, 0) is 30.1 Å². The van der Waals surface area contributed by atoms with Crippen molar-refractivity contribution in [2.24, 2.45) is 0 Å². The fourth-order valence-electron chi connectivity index (χ4n) is 1.69. The molecule has 0 aromatic heterocycles. The summed E-state index contributed by atoms with van der Waals surface area (Å²) in [6.07, 6.45) is 9.79. The molecular formula is C14H14. The standard InChI is InChI=1S/C14H14/c1-12-8-4-2-7-11-14(12)13-9-5-3-6-10-13/h2-6,8-11H,7H2,1H3. The molecule has 0 aliphatic heterocycles. The third kappa shape index (κ3) is 1.85. The quantitative estimate of drug-likeness (QED) is 0.616. The van der Waals surface area contributed by atoms with Gasteiger partial charge in [0.25, 0.3) is 0 Å². The van der Waals surface area contributed by atoms with Gasteiger partial charge in [0.2, 0.25) is 0 Å². The second-order valence-corrected chi connectivity index (χ2v) is 3.50. The monoisotopic (exact) mass is 182 g/mol. The maximum Gasteiger partial charge on any atom is -0.0157 e. The Morgan fingerprint density at radius 2 is 1.86 bits per heavy atom. The third-order valence-corrected chi connectivity index (χ3v) is 2.45. The Hall–Kier alpha value is -1.56. The summed E-state index contributed by atoms with van der Waals surface area (Å²) >= 11 is 0. The lowest BCUT2D eigenvalue weighted by Gasteiger charge is -2.06. The minimum Gasteiger partial charge on any atom is -0.0807 e. The van der Waals surface area contributed by atoms with Gasteiger partial charge in [-0.25, -0.2) is 0 Å². The molecule has 0 fully saturated rings. The number of benzene rings is 1. The zero-order valence-electron chi connectivity index (χ0n) is 8.40. The first-order chi connectivity index (χ1) is 6.88. The Balaban J connectivity index is 2.40. The first kappa shape index (κ1) is 9.01. The second-order valence-electron chi connectivity index (χ2n) is 3.50. The molecule has 0 amide bonds. The van der Waals surface area contributed by atoms with Gasteiger partial charge in [-0.3, -0.25) is 0 Å². The summed E-state index contributed by atoms with van der Waals surface area (Å²) in [5, 5.41) is 0. The summed E-state index contributed by atoms with van der Waals surface area (Å²) in [4.78, 5) is 0. The molecule has 0 unspecified atom stereocenters. The van der Waals surface area contributed by atoms with Crippen LogP contribution in [0.4, 0.5) is 0 Å². The van der Waals surface area contributed by atoms with Crippen molar-refractivity contribution in [1.29, 1.82) is 0 Å². The lowest BCUT2D eigenvalue weighted by molar-refractivity contribution is 1.39. The van der Waals surface area contributed by atoms with Crippen LogP contribution in [0.25, 0.3) is 5.57 Å². The van der Waals surface area contributed by atoms with Crippen molar-refractivity contribution in [3.63, 3.8) is 0 Å². The number of hydrogen-bond acceptors (Lipinski definition) is 0. The highest BCUT2D eigenvalue weighted by Gasteiger charge is 2.02. The van der Waals surface area contributed by atoms with Crippen LogP contribution in [-0.2, 0) is 0 Å². The van der Waals surface area contributed by atoms with Crippen LogP contribution in [0.1, 0.15) is 18.9 Å². The molecule has 1 aliphatic carbocycles. The molecule has 2 rings (SSSR count). The third-order valence-electron chi connectivity index (χ3n) is 2.45. The molecule has 0 N–H and O–H groups in total. The van der Waals surface area contributed by atoms with Gasteiger partial charge >= 0.3 is 0 Å². The molecule has 1 aromatic rings. The molecule has 0 heteroatoms. The van der Waals surface area contributed by atoms with E-state index in [-0.39, 0.29) is 0 Å². The van der Waals surface area contributed by atoms with E-state index in [0.717, 1.165) is 6.42 Å². The number of hydrogen-bond donors (Lipinski definition) is 0. The van der Waals surface area contributed by atoms with Gasteiger partial charge in [0, 0.05) is 0 Å². The Labute approximate surface area is 85.3 Å². The van der Waals surface area contributed by atoms with Gasteiger partial charge in [-0.2, -0.15) is 0 Å². The largest absolute Gasteiger partial charge is 0.0807 e. The van der Waals surface area contributed by atoms with E-state index in [1.807, 2.05) is 0 Å². The molecule has 0 radical (unpaired) electrons. The van der Waals surface area contributed by atoms with Gasteiger partial charge in [-0.15, -0.1) is 0 Å². The summed E-state index contributed by atoms with van der Waals surface area (Å²) in [7, 11) is 0. The fourth-order valence-corrected chi connectivity index (χ4v) is 1.69. The molecule has 0 bridgehead atoms. The van der Waals surface area contributed by atoms with Gasteiger partial charge in [0.05, 0.1) is 0 Å². The lowest BCUT2D eigenvalue weighted by atomic mass is 9.99. The average molecular weight is 182 g/mol. The van der Waals surface area contributed by atoms with E-state index in [1.54, 1.807) is 0 Å². The maximum absolute atomic E-state index is 2.28. The maximum atomic E-state index is 2.28. The minimum atomic E-state index is 1.03. The molecular weight excluding hydrogens is 168 g/mol. The first-order valence-corrected chi connectivity index (χ1v) is 4.97. The highest BCUT2D eigenvalue weighted by atomic mass is 14.1. The molecule has 0 saturated carbocycles. The van der Waals surface area contributed by atoms with E-state index >= 15 is 0 Å². The molecule has 1 aliphatic rings. The normalized spacial score (nSPS) is 15.8. The lowest BCUT2D eigenvalue weighted by Crippen LogP contribution is -1.85. The van der Waals surface area contributed by atoms with E-state index in [4.69, 9.17) is 0 Å². The molecule has 0 saturated heterocycles. The van der Waals surface area contributed by atoms with Crippen LogP contribution in [-0.4, -0.2) is 0 Å². The van der Waals surface area contributed by atoms with E-state index in [9.17, 15) is 0 Å². The molecule has 1 aromatic carbocycles. The van der Waals surface area contributed by atoms with E-state index in [0.29, 0.717) is 0 Å².